The molecule has 1 spiro atoms. The zero-order chi connectivity index (χ0) is 18.9. The lowest BCUT2D eigenvalue weighted by molar-refractivity contribution is -0.185. The fourth-order valence-corrected chi connectivity index (χ4v) is 7.99. The minimum atomic E-state index is -0.611. The maximum atomic E-state index is 12.2. The average Bonchev–Trinajstić information content (AvgIpc) is 2.60. The summed E-state index contributed by atoms with van der Waals surface area (Å²) in [6.07, 6.45) is 9.62. The van der Waals surface area contributed by atoms with Crippen LogP contribution in [-0.4, -0.2) is 11.1 Å². The molecule has 0 amide bonds. The zero-order valence-electron chi connectivity index (χ0n) is 16.7. The number of hydrogen-bond acceptors (Lipinski definition) is 2. The number of allylic oxidation sites excluding steroid dienone is 2. The summed E-state index contributed by atoms with van der Waals surface area (Å²) < 4.78 is 0. The van der Waals surface area contributed by atoms with E-state index < -0.39 is 11.4 Å². The minimum Gasteiger partial charge on any atom is -0.481 e. The molecule has 0 heterocycles. The topological polar surface area (TPSA) is 61.1 Å². The van der Waals surface area contributed by atoms with E-state index in [0.29, 0.717) is 17.8 Å². The minimum absolute atomic E-state index is 0.00882. The van der Waals surface area contributed by atoms with E-state index in [-0.39, 0.29) is 22.7 Å². The standard InChI is InChI=1S/C23H33NO2/c1-14(2)17-12-23-9-6-18-21(3,7-5-8-22(18,4)20(25)26)19(23)11-15(17)10-16(23)13-24/h12,14-16,18-19H,5-11H2,1-4H3,(H,25,26)/t15-,16+,18-,19-,21-,22+,23+/m0/s1. The molecule has 0 aromatic heterocycles. The number of rotatable bonds is 2. The van der Waals surface area contributed by atoms with Crippen molar-refractivity contribution in [2.75, 3.05) is 0 Å². The van der Waals surface area contributed by atoms with Crippen molar-refractivity contribution in [2.45, 2.75) is 72.6 Å². The Labute approximate surface area is 157 Å². The Bertz CT molecular complexity index is 703. The number of carbonyl (C=O) groups is 1. The molecule has 5 aliphatic rings. The summed E-state index contributed by atoms with van der Waals surface area (Å²) in [5, 5.41) is 20.0. The number of carboxylic acid groups (broad SMARTS) is 1. The van der Waals surface area contributed by atoms with Crippen LogP contribution in [0.2, 0.25) is 0 Å². The Balaban J connectivity index is 1.82. The molecule has 0 saturated heterocycles. The fraction of sp³-hybridized carbons (Fsp3) is 0.826. The van der Waals surface area contributed by atoms with Crippen molar-refractivity contribution in [1.82, 2.24) is 0 Å². The molecule has 5 rings (SSSR count). The van der Waals surface area contributed by atoms with Crippen LogP contribution in [0, 0.1) is 57.2 Å². The first kappa shape index (κ1) is 18.1. The van der Waals surface area contributed by atoms with Gasteiger partial charge in [0.25, 0.3) is 0 Å². The molecule has 0 radical (unpaired) electrons. The van der Waals surface area contributed by atoms with E-state index in [2.05, 4.69) is 32.9 Å². The van der Waals surface area contributed by atoms with Crippen LogP contribution in [0.15, 0.2) is 11.6 Å². The van der Waals surface area contributed by atoms with Crippen LogP contribution in [-0.2, 0) is 4.79 Å². The highest BCUT2D eigenvalue weighted by Crippen LogP contribution is 2.72. The first-order valence-corrected chi connectivity index (χ1v) is 10.5. The molecule has 7 atom stereocenters. The van der Waals surface area contributed by atoms with Gasteiger partial charge in [0.1, 0.15) is 0 Å². The first-order chi connectivity index (χ1) is 12.2. The molecule has 0 aromatic rings. The molecule has 2 bridgehead atoms. The van der Waals surface area contributed by atoms with Gasteiger partial charge in [0, 0.05) is 5.41 Å². The fourth-order valence-electron chi connectivity index (χ4n) is 7.99. The molecule has 3 fully saturated rings. The van der Waals surface area contributed by atoms with Gasteiger partial charge in [-0.05, 0) is 74.5 Å². The normalized spacial score (nSPS) is 49.8. The van der Waals surface area contributed by atoms with Gasteiger partial charge >= 0.3 is 5.97 Å². The largest absolute Gasteiger partial charge is 0.481 e. The monoisotopic (exact) mass is 355 g/mol. The Kier molecular flexibility index (Phi) is 3.89. The smallest absolute Gasteiger partial charge is 0.309 e. The molecular formula is C23H33NO2. The van der Waals surface area contributed by atoms with Crippen LogP contribution >= 0.6 is 0 Å². The molecular weight excluding hydrogens is 322 g/mol. The van der Waals surface area contributed by atoms with E-state index in [1.165, 1.54) is 6.42 Å². The first-order valence-electron chi connectivity index (χ1n) is 10.5. The summed E-state index contributed by atoms with van der Waals surface area (Å²) in [5.41, 5.74) is 1.02. The molecule has 3 saturated carbocycles. The van der Waals surface area contributed by atoms with Gasteiger partial charge in [-0.2, -0.15) is 5.26 Å². The third-order valence-corrected chi connectivity index (χ3v) is 9.19. The van der Waals surface area contributed by atoms with Crippen LogP contribution in [0.25, 0.3) is 0 Å². The number of nitriles is 1. The molecule has 1 N–H and O–H groups in total. The number of nitrogens with zero attached hydrogens (tertiary/aromatic N) is 1. The van der Waals surface area contributed by atoms with Gasteiger partial charge in [0.2, 0.25) is 0 Å². The molecule has 0 unspecified atom stereocenters. The van der Waals surface area contributed by atoms with Crippen molar-refractivity contribution in [3.8, 4) is 6.07 Å². The quantitative estimate of drug-likeness (QED) is 0.672. The molecule has 26 heavy (non-hydrogen) atoms. The van der Waals surface area contributed by atoms with E-state index in [9.17, 15) is 15.2 Å². The predicted molar refractivity (Wildman–Crippen MR) is 101 cm³/mol. The molecule has 3 heteroatoms. The highest BCUT2D eigenvalue weighted by molar-refractivity contribution is 5.75. The number of hydrogen-bond donors (Lipinski definition) is 1. The highest BCUT2D eigenvalue weighted by Gasteiger charge is 2.66. The predicted octanol–water partition coefficient (Wildman–Crippen LogP) is 5.43. The van der Waals surface area contributed by atoms with Crippen LogP contribution in [0.4, 0.5) is 0 Å². The van der Waals surface area contributed by atoms with Crippen molar-refractivity contribution >= 4 is 5.97 Å². The summed E-state index contributed by atoms with van der Waals surface area (Å²) in [4.78, 5) is 12.2. The van der Waals surface area contributed by atoms with Gasteiger partial charge in [0.15, 0.2) is 0 Å². The molecule has 3 nitrogen and oxygen atoms in total. The average molecular weight is 356 g/mol. The van der Waals surface area contributed by atoms with Gasteiger partial charge in [-0.1, -0.05) is 38.8 Å². The summed E-state index contributed by atoms with van der Waals surface area (Å²) >= 11 is 0. The molecule has 142 valence electrons. The Morgan fingerprint density at radius 1 is 1.23 bits per heavy atom. The molecule has 0 aliphatic heterocycles. The summed E-state index contributed by atoms with van der Waals surface area (Å²) in [6.45, 7) is 8.94. The second-order valence-electron chi connectivity index (χ2n) is 10.5. The second kappa shape index (κ2) is 5.60. The van der Waals surface area contributed by atoms with Crippen molar-refractivity contribution in [3.63, 3.8) is 0 Å². The lowest BCUT2D eigenvalue weighted by Gasteiger charge is -2.67. The second-order valence-corrected chi connectivity index (χ2v) is 10.5. The SMILES string of the molecule is CC(C)C1=C[C@@]23CC[C@H]4[C@](C)(CCC[C@@]4(C)C(=O)O)[C@@H]2C[C@@H]1C[C@@H]3C#N. The maximum absolute atomic E-state index is 12.2. The van der Waals surface area contributed by atoms with Gasteiger partial charge < -0.3 is 5.11 Å². The van der Waals surface area contributed by atoms with Gasteiger partial charge in [-0.3, -0.25) is 4.79 Å². The maximum Gasteiger partial charge on any atom is 0.309 e. The van der Waals surface area contributed by atoms with Gasteiger partial charge in [-0.15, -0.1) is 0 Å². The number of aliphatic carboxylic acids is 1. The Hall–Kier alpha value is -1.30. The summed E-state index contributed by atoms with van der Waals surface area (Å²) in [6, 6.07) is 2.68. The van der Waals surface area contributed by atoms with E-state index in [0.717, 1.165) is 38.5 Å². The van der Waals surface area contributed by atoms with E-state index in [1.54, 1.807) is 5.57 Å². The van der Waals surface area contributed by atoms with E-state index in [1.807, 2.05) is 6.92 Å². The third-order valence-electron chi connectivity index (χ3n) is 9.19. The van der Waals surface area contributed by atoms with Crippen LogP contribution in [0.3, 0.4) is 0 Å². The Morgan fingerprint density at radius 2 is 1.96 bits per heavy atom. The lowest BCUT2D eigenvalue weighted by Crippen LogP contribution is -2.62. The van der Waals surface area contributed by atoms with Crippen molar-refractivity contribution < 1.29 is 9.90 Å². The summed E-state index contributed by atoms with van der Waals surface area (Å²) in [7, 11) is 0. The van der Waals surface area contributed by atoms with Crippen molar-refractivity contribution in [1.29, 1.82) is 5.26 Å². The summed E-state index contributed by atoms with van der Waals surface area (Å²) in [5.74, 6) is 1.30. The van der Waals surface area contributed by atoms with Gasteiger partial charge in [0.05, 0.1) is 17.4 Å². The highest BCUT2D eigenvalue weighted by atomic mass is 16.4. The van der Waals surface area contributed by atoms with Crippen molar-refractivity contribution in [2.24, 2.45) is 45.8 Å². The number of fused-ring (bicyclic) bond motifs is 2. The molecule has 0 aromatic carbocycles. The van der Waals surface area contributed by atoms with Crippen LogP contribution < -0.4 is 0 Å². The van der Waals surface area contributed by atoms with E-state index in [4.69, 9.17) is 0 Å². The van der Waals surface area contributed by atoms with Crippen LogP contribution in [0.5, 0.6) is 0 Å². The van der Waals surface area contributed by atoms with Gasteiger partial charge in [-0.25, -0.2) is 0 Å². The number of carboxylic acids is 1. The lowest BCUT2D eigenvalue weighted by atomic mass is 9.36. The Morgan fingerprint density at radius 3 is 2.58 bits per heavy atom. The zero-order valence-corrected chi connectivity index (χ0v) is 16.7. The third kappa shape index (κ3) is 2.08. The van der Waals surface area contributed by atoms with Crippen LogP contribution in [0.1, 0.15) is 72.6 Å². The molecule has 5 aliphatic carbocycles. The van der Waals surface area contributed by atoms with Crippen molar-refractivity contribution in [3.05, 3.63) is 11.6 Å². The van der Waals surface area contributed by atoms with E-state index >= 15 is 0 Å².